The summed E-state index contributed by atoms with van der Waals surface area (Å²) in [4.78, 5) is 1.86. The van der Waals surface area contributed by atoms with Gasteiger partial charge in [-0.3, -0.25) is 4.90 Å². The number of nitrogens with zero attached hydrogens (tertiary/aromatic N) is 2. The SMILES string of the molecule is CCCN(CCS(=O)(=O)CC)CC(N)=NO. The summed E-state index contributed by atoms with van der Waals surface area (Å²) in [6.07, 6.45) is 0.894. The second-order valence-electron chi connectivity index (χ2n) is 3.60. The first-order valence-electron chi connectivity index (χ1n) is 5.34. The van der Waals surface area contributed by atoms with Gasteiger partial charge in [0.15, 0.2) is 15.7 Å². The number of rotatable bonds is 8. The van der Waals surface area contributed by atoms with Crippen molar-refractivity contribution in [2.45, 2.75) is 20.3 Å². The van der Waals surface area contributed by atoms with Crippen molar-refractivity contribution in [1.82, 2.24) is 4.90 Å². The van der Waals surface area contributed by atoms with E-state index in [1.165, 1.54) is 0 Å². The van der Waals surface area contributed by atoms with E-state index in [0.717, 1.165) is 13.0 Å². The first kappa shape index (κ1) is 15.2. The minimum atomic E-state index is -2.96. The van der Waals surface area contributed by atoms with Crippen LogP contribution in [0.25, 0.3) is 0 Å². The second kappa shape index (κ2) is 7.45. The number of amidine groups is 1. The van der Waals surface area contributed by atoms with Crippen molar-refractivity contribution >= 4 is 15.7 Å². The molecule has 0 aliphatic rings. The largest absolute Gasteiger partial charge is 0.409 e. The first-order valence-corrected chi connectivity index (χ1v) is 7.16. The van der Waals surface area contributed by atoms with Crippen molar-refractivity contribution in [3.63, 3.8) is 0 Å². The monoisotopic (exact) mass is 251 g/mol. The Morgan fingerprint density at radius 1 is 1.38 bits per heavy atom. The molecule has 0 saturated heterocycles. The van der Waals surface area contributed by atoms with Gasteiger partial charge in [-0.15, -0.1) is 0 Å². The van der Waals surface area contributed by atoms with E-state index in [2.05, 4.69) is 5.16 Å². The van der Waals surface area contributed by atoms with Gasteiger partial charge in [0.1, 0.15) is 0 Å². The number of nitrogens with two attached hydrogens (primary N) is 1. The van der Waals surface area contributed by atoms with Crippen LogP contribution in [0.2, 0.25) is 0 Å². The molecule has 3 N–H and O–H groups in total. The summed E-state index contributed by atoms with van der Waals surface area (Å²) in [5.41, 5.74) is 5.38. The molecule has 0 fully saturated rings. The van der Waals surface area contributed by atoms with Crippen LogP contribution in [0.5, 0.6) is 0 Å². The molecule has 0 rings (SSSR count). The smallest absolute Gasteiger partial charge is 0.153 e. The van der Waals surface area contributed by atoms with E-state index in [0.29, 0.717) is 13.1 Å². The molecular formula is C9H21N3O3S. The molecule has 0 atom stereocenters. The molecule has 96 valence electrons. The Labute approximate surface area is 97.0 Å². The molecule has 0 aromatic heterocycles. The molecule has 0 saturated carbocycles. The Morgan fingerprint density at radius 3 is 2.44 bits per heavy atom. The molecule has 7 heteroatoms. The number of hydrogen-bond donors (Lipinski definition) is 2. The Morgan fingerprint density at radius 2 is 2.00 bits per heavy atom. The fourth-order valence-electron chi connectivity index (χ4n) is 1.26. The average molecular weight is 251 g/mol. The van der Waals surface area contributed by atoms with Crippen LogP contribution in [0.4, 0.5) is 0 Å². The summed E-state index contributed by atoms with van der Waals surface area (Å²) in [7, 11) is -2.96. The maximum absolute atomic E-state index is 11.3. The Balaban J connectivity index is 4.24. The minimum absolute atomic E-state index is 0.0994. The molecule has 0 radical (unpaired) electrons. The molecule has 0 aromatic rings. The summed E-state index contributed by atoms with van der Waals surface area (Å²) in [5.74, 6) is 0.362. The maximum Gasteiger partial charge on any atom is 0.153 e. The summed E-state index contributed by atoms with van der Waals surface area (Å²) >= 11 is 0. The molecule has 0 spiro atoms. The van der Waals surface area contributed by atoms with Crippen molar-refractivity contribution in [3.8, 4) is 0 Å². The van der Waals surface area contributed by atoms with E-state index in [1.54, 1.807) is 6.92 Å². The second-order valence-corrected chi connectivity index (χ2v) is 6.08. The molecule has 0 amide bonds. The summed E-state index contributed by atoms with van der Waals surface area (Å²) < 4.78 is 22.7. The third-order valence-corrected chi connectivity index (χ3v) is 3.90. The summed E-state index contributed by atoms with van der Waals surface area (Å²) in [5, 5.41) is 11.3. The third kappa shape index (κ3) is 6.62. The van der Waals surface area contributed by atoms with E-state index >= 15 is 0 Å². The summed E-state index contributed by atoms with van der Waals surface area (Å²) in [6, 6.07) is 0. The van der Waals surface area contributed by atoms with Crippen LogP contribution in [-0.4, -0.2) is 55.5 Å². The predicted octanol–water partition coefficient (Wildman–Crippen LogP) is -0.120. The van der Waals surface area contributed by atoms with Crippen LogP contribution in [0.1, 0.15) is 20.3 Å². The predicted molar refractivity (Wildman–Crippen MR) is 64.5 cm³/mol. The highest BCUT2D eigenvalue weighted by Crippen LogP contribution is 1.96. The van der Waals surface area contributed by atoms with Crippen molar-refractivity contribution in [3.05, 3.63) is 0 Å². The van der Waals surface area contributed by atoms with E-state index in [1.807, 2.05) is 11.8 Å². The van der Waals surface area contributed by atoms with E-state index in [-0.39, 0.29) is 17.3 Å². The average Bonchev–Trinajstić information content (AvgIpc) is 2.26. The highest BCUT2D eigenvalue weighted by molar-refractivity contribution is 7.91. The molecule has 0 aliphatic carbocycles. The normalized spacial score (nSPS) is 13.3. The summed E-state index contributed by atoms with van der Waals surface area (Å²) in [6.45, 7) is 5.07. The van der Waals surface area contributed by atoms with Crippen LogP contribution < -0.4 is 5.73 Å². The lowest BCUT2D eigenvalue weighted by atomic mass is 10.4. The Kier molecular flexibility index (Phi) is 7.07. The zero-order chi connectivity index (χ0) is 12.6. The van der Waals surface area contributed by atoms with Crippen LogP contribution in [0.15, 0.2) is 5.16 Å². The molecular weight excluding hydrogens is 230 g/mol. The lowest BCUT2D eigenvalue weighted by Gasteiger charge is -2.20. The van der Waals surface area contributed by atoms with Gasteiger partial charge in [-0.1, -0.05) is 19.0 Å². The molecule has 0 aromatic carbocycles. The van der Waals surface area contributed by atoms with Crippen molar-refractivity contribution < 1.29 is 13.6 Å². The number of sulfone groups is 1. The third-order valence-electron chi connectivity index (χ3n) is 2.21. The lowest BCUT2D eigenvalue weighted by molar-refractivity contribution is 0.299. The van der Waals surface area contributed by atoms with Gasteiger partial charge in [0.25, 0.3) is 0 Å². The van der Waals surface area contributed by atoms with Crippen LogP contribution in [0.3, 0.4) is 0 Å². The zero-order valence-corrected chi connectivity index (χ0v) is 10.7. The van der Waals surface area contributed by atoms with Gasteiger partial charge in [-0.25, -0.2) is 8.42 Å². The van der Waals surface area contributed by atoms with Gasteiger partial charge >= 0.3 is 0 Å². The van der Waals surface area contributed by atoms with Crippen LogP contribution in [-0.2, 0) is 9.84 Å². The Bertz CT molecular complexity index is 314. The molecule has 0 unspecified atom stereocenters. The quantitative estimate of drug-likeness (QED) is 0.271. The standard InChI is InChI=1S/C9H21N3O3S/c1-3-5-12(8-9(10)11-13)6-7-16(14,15)4-2/h13H,3-8H2,1-2H3,(H2,10,11). The van der Waals surface area contributed by atoms with Crippen molar-refractivity contribution in [2.75, 3.05) is 31.1 Å². The van der Waals surface area contributed by atoms with Gasteiger partial charge in [-0.2, -0.15) is 0 Å². The number of hydrogen-bond acceptors (Lipinski definition) is 5. The fraction of sp³-hybridized carbons (Fsp3) is 0.889. The van der Waals surface area contributed by atoms with E-state index < -0.39 is 9.84 Å². The van der Waals surface area contributed by atoms with Gasteiger partial charge < -0.3 is 10.9 Å². The van der Waals surface area contributed by atoms with Crippen LogP contribution in [0, 0.1) is 0 Å². The van der Waals surface area contributed by atoms with E-state index in [9.17, 15) is 8.42 Å². The molecule has 16 heavy (non-hydrogen) atoms. The lowest BCUT2D eigenvalue weighted by Crippen LogP contribution is -2.37. The van der Waals surface area contributed by atoms with Crippen LogP contribution >= 0.6 is 0 Å². The molecule has 0 bridgehead atoms. The van der Waals surface area contributed by atoms with Gasteiger partial charge in [0, 0.05) is 12.3 Å². The molecule has 6 nitrogen and oxygen atoms in total. The minimum Gasteiger partial charge on any atom is -0.409 e. The molecule has 0 heterocycles. The maximum atomic E-state index is 11.3. The Hall–Kier alpha value is -0.820. The number of oxime groups is 1. The van der Waals surface area contributed by atoms with Gasteiger partial charge in [-0.05, 0) is 13.0 Å². The van der Waals surface area contributed by atoms with Crippen molar-refractivity contribution in [2.24, 2.45) is 10.9 Å². The zero-order valence-electron chi connectivity index (χ0n) is 9.89. The molecule has 0 aliphatic heterocycles. The van der Waals surface area contributed by atoms with Gasteiger partial charge in [0.05, 0.1) is 12.3 Å². The fourth-order valence-corrected chi connectivity index (χ4v) is 2.08. The first-order chi connectivity index (χ1) is 7.45. The van der Waals surface area contributed by atoms with Crippen molar-refractivity contribution in [1.29, 1.82) is 0 Å². The highest BCUT2D eigenvalue weighted by Gasteiger charge is 2.12. The van der Waals surface area contributed by atoms with E-state index in [4.69, 9.17) is 10.9 Å². The highest BCUT2D eigenvalue weighted by atomic mass is 32.2. The topological polar surface area (TPSA) is 96.0 Å². The van der Waals surface area contributed by atoms with Gasteiger partial charge in [0.2, 0.25) is 0 Å².